The summed E-state index contributed by atoms with van der Waals surface area (Å²) in [4.78, 5) is 35.7. The fraction of sp³-hybridized carbons (Fsp3) is 0.500. The lowest BCUT2D eigenvalue weighted by molar-refractivity contribution is -0.130. The predicted octanol–water partition coefficient (Wildman–Crippen LogP) is 0.822. The molecular formula is C18H27N3O5. The molecule has 0 saturated carbocycles. The largest absolute Gasteiger partial charge is 0.445 e. The first kappa shape index (κ1) is 21.4. The zero-order chi connectivity index (χ0) is 19.5. The molecule has 8 nitrogen and oxygen atoms in total. The maximum Gasteiger partial charge on any atom is 0.408 e. The van der Waals surface area contributed by atoms with Crippen molar-refractivity contribution in [2.75, 3.05) is 0 Å². The van der Waals surface area contributed by atoms with Gasteiger partial charge in [0.1, 0.15) is 18.7 Å². The summed E-state index contributed by atoms with van der Waals surface area (Å²) in [6.45, 7) is 3.33. The minimum absolute atomic E-state index is 0.0290. The van der Waals surface area contributed by atoms with Gasteiger partial charge in [-0.1, -0.05) is 50.1 Å². The first-order chi connectivity index (χ1) is 12.3. The van der Waals surface area contributed by atoms with Crippen LogP contribution >= 0.6 is 0 Å². The molecule has 1 rings (SSSR count). The van der Waals surface area contributed by atoms with Crippen molar-refractivity contribution in [1.82, 2.24) is 10.6 Å². The van der Waals surface area contributed by atoms with E-state index in [9.17, 15) is 19.5 Å². The van der Waals surface area contributed by atoms with Crippen molar-refractivity contribution in [2.45, 2.75) is 57.9 Å². The van der Waals surface area contributed by atoms with Gasteiger partial charge in [0, 0.05) is 0 Å². The quantitative estimate of drug-likeness (QED) is 0.488. The van der Waals surface area contributed by atoms with E-state index in [2.05, 4.69) is 10.6 Å². The molecule has 0 aliphatic carbocycles. The number of nitrogens with one attached hydrogen (secondary N) is 2. The number of carbonyl (C=O) groups excluding carboxylic acids is 3. The number of aliphatic hydroxyl groups is 1. The van der Waals surface area contributed by atoms with Crippen LogP contribution in [0, 0.1) is 0 Å². The van der Waals surface area contributed by atoms with Crippen molar-refractivity contribution >= 4 is 17.9 Å². The van der Waals surface area contributed by atoms with Gasteiger partial charge >= 0.3 is 6.09 Å². The first-order valence-electron chi connectivity index (χ1n) is 8.60. The van der Waals surface area contributed by atoms with Gasteiger partial charge in [-0.15, -0.1) is 0 Å². The van der Waals surface area contributed by atoms with Crippen LogP contribution in [0.1, 0.15) is 38.7 Å². The lowest BCUT2D eigenvalue weighted by Crippen LogP contribution is -2.56. The summed E-state index contributed by atoms with van der Waals surface area (Å²) in [5.41, 5.74) is 6.07. The van der Waals surface area contributed by atoms with Crippen LogP contribution in [0.15, 0.2) is 30.3 Å². The van der Waals surface area contributed by atoms with Crippen LogP contribution in [-0.4, -0.2) is 41.2 Å². The van der Waals surface area contributed by atoms with E-state index in [1.807, 2.05) is 25.1 Å². The Bertz CT molecular complexity index is 592. The summed E-state index contributed by atoms with van der Waals surface area (Å²) in [7, 11) is 0. The molecule has 1 aromatic rings. The Kier molecular flexibility index (Phi) is 9.14. The molecule has 0 saturated heterocycles. The number of rotatable bonds is 10. The Labute approximate surface area is 153 Å². The molecule has 1 aromatic carbocycles. The normalized spacial score (nSPS) is 14.0. The van der Waals surface area contributed by atoms with E-state index in [0.29, 0.717) is 12.8 Å². The number of carbonyl (C=O) groups is 3. The maximum absolute atomic E-state index is 12.3. The average Bonchev–Trinajstić information content (AvgIpc) is 2.61. The molecule has 0 fully saturated rings. The van der Waals surface area contributed by atoms with Gasteiger partial charge in [-0.3, -0.25) is 9.59 Å². The number of primary amides is 1. The van der Waals surface area contributed by atoms with E-state index in [-0.39, 0.29) is 6.61 Å². The van der Waals surface area contributed by atoms with E-state index in [4.69, 9.17) is 10.5 Å². The number of ether oxygens (including phenoxy) is 1. The molecule has 5 N–H and O–H groups in total. The number of alkyl carbamates (subject to hydrolysis) is 1. The lowest BCUT2D eigenvalue weighted by atomic mass is 10.1. The van der Waals surface area contributed by atoms with Crippen molar-refractivity contribution in [3.05, 3.63) is 35.9 Å². The van der Waals surface area contributed by atoms with Gasteiger partial charge in [-0.25, -0.2) is 4.79 Å². The van der Waals surface area contributed by atoms with Crippen LogP contribution in [0.2, 0.25) is 0 Å². The fourth-order valence-corrected chi connectivity index (χ4v) is 2.25. The van der Waals surface area contributed by atoms with Crippen LogP contribution in [0.5, 0.6) is 0 Å². The topological polar surface area (TPSA) is 131 Å². The van der Waals surface area contributed by atoms with Crippen molar-refractivity contribution in [3.63, 3.8) is 0 Å². The Morgan fingerprint density at radius 1 is 1.19 bits per heavy atom. The van der Waals surface area contributed by atoms with Gasteiger partial charge in [0.05, 0.1) is 6.10 Å². The van der Waals surface area contributed by atoms with Crippen molar-refractivity contribution in [1.29, 1.82) is 0 Å². The summed E-state index contributed by atoms with van der Waals surface area (Å²) in [5.74, 6) is -1.36. The monoisotopic (exact) mass is 365 g/mol. The number of hydrogen-bond acceptors (Lipinski definition) is 5. The minimum atomic E-state index is -1.26. The highest BCUT2D eigenvalue weighted by Gasteiger charge is 2.29. The van der Waals surface area contributed by atoms with Crippen molar-refractivity contribution in [2.24, 2.45) is 5.73 Å². The molecule has 0 unspecified atom stereocenters. The zero-order valence-electron chi connectivity index (χ0n) is 15.1. The number of amides is 3. The van der Waals surface area contributed by atoms with E-state index in [1.165, 1.54) is 6.92 Å². The molecule has 26 heavy (non-hydrogen) atoms. The summed E-state index contributed by atoms with van der Waals surface area (Å²) in [5, 5.41) is 14.6. The molecule has 0 bridgehead atoms. The smallest absolute Gasteiger partial charge is 0.408 e. The van der Waals surface area contributed by atoms with Gasteiger partial charge in [-0.2, -0.15) is 0 Å². The van der Waals surface area contributed by atoms with E-state index < -0.39 is 36.1 Å². The Balaban J connectivity index is 2.61. The first-order valence-corrected chi connectivity index (χ1v) is 8.60. The van der Waals surface area contributed by atoms with Gasteiger partial charge < -0.3 is 26.2 Å². The minimum Gasteiger partial charge on any atom is -0.445 e. The fourth-order valence-electron chi connectivity index (χ4n) is 2.25. The van der Waals surface area contributed by atoms with Crippen LogP contribution in [-0.2, 0) is 20.9 Å². The highest BCUT2D eigenvalue weighted by Crippen LogP contribution is 2.04. The van der Waals surface area contributed by atoms with Gasteiger partial charge in [0.25, 0.3) is 0 Å². The molecule has 0 aliphatic rings. The predicted molar refractivity (Wildman–Crippen MR) is 95.9 cm³/mol. The van der Waals surface area contributed by atoms with Crippen molar-refractivity contribution < 1.29 is 24.2 Å². The Morgan fingerprint density at radius 2 is 1.85 bits per heavy atom. The molecule has 0 aliphatic heterocycles. The molecule has 144 valence electrons. The zero-order valence-corrected chi connectivity index (χ0v) is 15.1. The third kappa shape index (κ3) is 7.52. The van der Waals surface area contributed by atoms with E-state index in [1.54, 1.807) is 12.1 Å². The van der Waals surface area contributed by atoms with Crippen LogP contribution in [0.4, 0.5) is 4.79 Å². The number of hydrogen-bond donors (Lipinski definition) is 4. The SMILES string of the molecule is CCCC[C@H](NC(=O)[C@@H](NC(=O)OCc1ccccc1)[C@@H](C)O)C(N)=O. The van der Waals surface area contributed by atoms with Crippen LogP contribution in [0.25, 0.3) is 0 Å². The summed E-state index contributed by atoms with van der Waals surface area (Å²) in [6.07, 6.45) is -0.0932. The van der Waals surface area contributed by atoms with Crippen LogP contribution < -0.4 is 16.4 Å². The van der Waals surface area contributed by atoms with Crippen LogP contribution in [0.3, 0.4) is 0 Å². The summed E-state index contributed by atoms with van der Waals surface area (Å²) < 4.78 is 5.04. The summed E-state index contributed by atoms with van der Waals surface area (Å²) >= 11 is 0. The van der Waals surface area contributed by atoms with Gasteiger partial charge in [0.2, 0.25) is 11.8 Å². The molecule has 0 radical (unpaired) electrons. The third-order valence-corrected chi connectivity index (χ3v) is 3.76. The van der Waals surface area contributed by atoms with E-state index in [0.717, 1.165) is 12.0 Å². The molecule has 0 aromatic heterocycles. The number of nitrogens with two attached hydrogens (primary N) is 1. The average molecular weight is 365 g/mol. The molecule has 0 heterocycles. The standard InChI is InChI=1S/C18H27N3O5/c1-3-4-10-14(16(19)23)20-17(24)15(12(2)22)21-18(25)26-11-13-8-6-5-7-9-13/h5-9,12,14-15,22H,3-4,10-11H2,1-2H3,(H2,19,23)(H,20,24)(H,21,25)/t12-,14+,15+/m1/s1. The third-order valence-electron chi connectivity index (χ3n) is 3.76. The summed E-state index contributed by atoms with van der Waals surface area (Å²) in [6, 6.07) is 6.92. The Hall–Kier alpha value is -2.61. The van der Waals surface area contributed by atoms with Gasteiger partial charge in [0.15, 0.2) is 0 Å². The second kappa shape index (κ2) is 11.1. The molecule has 3 atom stereocenters. The Morgan fingerprint density at radius 3 is 2.38 bits per heavy atom. The second-order valence-corrected chi connectivity index (χ2v) is 6.03. The van der Waals surface area contributed by atoms with Gasteiger partial charge in [-0.05, 0) is 18.9 Å². The second-order valence-electron chi connectivity index (χ2n) is 6.03. The number of aliphatic hydroxyl groups excluding tert-OH is 1. The van der Waals surface area contributed by atoms with Crippen molar-refractivity contribution in [3.8, 4) is 0 Å². The lowest BCUT2D eigenvalue weighted by Gasteiger charge is -2.23. The molecule has 8 heteroatoms. The number of unbranched alkanes of at least 4 members (excludes halogenated alkanes) is 1. The van der Waals surface area contributed by atoms with E-state index >= 15 is 0 Å². The maximum atomic E-state index is 12.3. The highest BCUT2D eigenvalue weighted by molar-refractivity contribution is 5.91. The highest BCUT2D eigenvalue weighted by atomic mass is 16.5. The number of benzene rings is 1. The molecule has 3 amide bonds. The molecular weight excluding hydrogens is 338 g/mol. The molecule has 0 spiro atoms.